The summed E-state index contributed by atoms with van der Waals surface area (Å²) in [6, 6.07) is 9.53. The molecule has 10 heteroatoms. The van der Waals surface area contributed by atoms with E-state index in [0.717, 1.165) is 41.9 Å². The predicted octanol–water partition coefficient (Wildman–Crippen LogP) is 4.41. The maximum absolute atomic E-state index is 12.7. The number of nitrogens with one attached hydrogen (secondary N) is 1. The van der Waals surface area contributed by atoms with Crippen LogP contribution < -0.4 is 10.1 Å². The zero-order valence-electron chi connectivity index (χ0n) is 18.8. The molecule has 1 N–H and O–H groups in total. The molecule has 0 radical (unpaired) electrons. The second-order valence-electron chi connectivity index (χ2n) is 7.72. The summed E-state index contributed by atoms with van der Waals surface area (Å²) in [5.74, 6) is 0.954. The standard InChI is InChI=1S/C23H26N4O4S2/c1-14(31-15-9-5-4-6-10-15)20-25-26-23(27(20)2)32-13-18(28)24-21-19(22(29)30-3)16-11-7-8-12-17(16)33-21/h4-6,9-10,14H,7-8,11-13H2,1-3H3,(H,24,28). The van der Waals surface area contributed by atoms with Gasteiger partial charge >= 0.3 is 5.97 Å². The first-order valence-electron chi connectivity index (χ1n) is 10.7. The molecule has 2 aromatic heterocycles. The summed E-state index contributed by atoms with van der Waals surface area (Å²) in [4.78, 5) is 26.2. The minimum Gasteiger partial charge on any atom is -0.483 e. The number of hydrogen-bond donors (Lipinski definition) is 1. The van der Waals surface area contributed by atoms with Crippen LogP contribution in [0.1, 0.15) is 52.5 Å². The summed E-state index contributed by atoms with van der Waals surface area (Å²) < 4.78 is 12.7. The Morgan fingerprint density at radius 3 is 2.73 bits per heavy atom. The van der Waals surface area contributed by atoms with Gasteiger partial charge in [-0.25, -0.2) is 4.79 Å². The molecule has 0 fully saturated rings. The number of para-hydroxylation sites is 1. The van der Waals surface area contributed by atoms with Crippen molar-refractivity contribution in [3.8, 4) is 5.75 Å². The highest BCUT2D eigenvalue weighted by molar-refractivity contribution is 7.99. The SMILES string of the molecule is COC(=O)c1c(NC(=O)CSc2nnc(C(C)Oc3ccccc3)n2C)sc2c1CCCC2. The zero-order valence-corrected chi connectivity index (χ0v) is 20.4. The number of rotatable bonds is 8. The number of benzene rings is 1. The van der Waals surface area contributed by atoms with Crippen LogP contribution in [0.4, 0.5) is 5.00 Å². The van der Waals surface area contributed by atoms with Gasteiger partial charge in [0.05, 0.1) is 18.4 Å². The number of hydrogen-bond acceptors (Lipinski definition) is 8. The third kappa shape index (κ3) is 5.22. The molecular weight excluding hydrogens is 460 g/mol. The van der Waals surface area contributed by atoms with Crippen molar-refractivity contribution in [2.24, 2.45) is 7.05 Å². The van der Waals surface area contributed by atoms with Gasteiger partial charge in [-0.2, -0.15) is 0 Å². The van der Waals surface area contributed by atoms with Gasteiger partial charge in [0.15, 0.2) is 17.1 Å². The summed E-state index contributed by atoms with van der Waals surface area (Å²) in [5, 5.41) is 12.6. The van der Waals surface area contributed by atoms with Gasteiger partial charge in [-0.15, -0.1) is 21.5 Å². The van der Waals surface area contributed by atoms with E-state index in [0.29, 0.717) is 21.5 Å². The Morgan fingerprint density at radius 1 is 1.21 bits per heavy atom. The number of aryl methyl sites for hydroxylation is 1. The lowest BCUT2D eigenvalue weighted by Gasteiger charge is -2.14. The Bertz CT molecular complexity index is 1140. The van der Waals surface area contributed by atoms with E-state index in [9.17, 15) is 9.59 Å². The van der Waals surface area contributed by atoms with Crippen molar-refractivity contribution in [1.82, 2.24) is 14.8 Å². The highest BCUT2D eigenvalue weighted by Gasteiger charge is 2.27. The van der Waals surface area contributed by atoms with Crippen molar-refractivity contribution >= 4 is 40.0 Å². The number of carbonyl (C=O) groups excluding carboxylic acids is 2. The first kappa shape index (κ1) is 23.3. The molecule has 4 rings (SSSR count). The van der Waals surface area contributed by atoms with Crippen LogP contribution in [0.25, 0.3) is 0 Å². The number of nitrogens with zero attached hydrogens (tertiary/aromatic N) is 3. The first-order valence-corrected chi connectivity index (χ1v) is 12.5. The van der Waals surface area contributed by atoms with E-state index in [2.05, 4.69) is 15.5 Å². The van der Waals surface area contributed by atoms with Gasteiger partial charge in [0.2, 0.25) is 5.91 Å². The quantitative estimate of drug-likeness (QED) is 0.372. The van der Waals surface area contributed by atoms with E-state index in [-0.39, 0.29) is 17.8 Å². The molecule has 0 bridgehead atoms. The van der Waals surface area contributed by atoms with Gasteiger partial charge in [-0.1, -0.05) is 30.0 Å². The number of fused-ring (bicyclic) bond motifs is 1. The first-order chi connectivity index (χ1) is 16.0. The number of carbonyl (C=O) groups is 2. The van der Waals surface area contributed by atoms with Crippen LogP contribution in [-0.2, 0) is 29.4 Å². The average molecular weight is 487 g/mol. The molecule has 1 aliphatic rings. The number of ether oxygens (including phenoxy) is 2. The number of methoxy groups -OCH3 is 1. The van der Waals surface area contributed by atoms with Crippen molar-refractivity contribution in [2.45, 2.75) is 43.9 Å². The monoisotopic (exact) mass is 486 g/mol. The molecular formula is C23H26N4O4S2. The Balaban J connectivity index is 1.40. The Labute approximate surface area is 200 Å². The Kier molecular flexibility index (Phi) is 7.34. The van der Waals surface area contributed by atoms with E-state index >= 15 is 0 Å². The number of aromatic nitrogens is 3. The summed E-state index contributed by atoms with van der Waals surface area (Å²) in [6.07, 6.45) is 3.61. The average Bonchev–Trinajstić information content (AvgIpc) is 3.37. The second kappa shape index (κ2) is 10.4. The molecule has 1 amide bonds. The van der Waals surface area contributed by atoms with Crippen molar-refractivity contribution < 1.29 is 19.1 Å². The molecule has 1 aliphatic carbocycles. The third-order valence-electron chi connectivity index (χ3n) is 5.43. The van der Waals surface area contributed by atoms with Gasteiger partial charge in [0, 0.05) is 11.9 Å². The van der Waals surface area contributed by atoms with Gasteiger partial charge < -0.3 is 19.4 Å². The molecule has 1 unspecified atom stereocenters. The maximum Gasteiger partial charge on any atom is 0.341 e. The molecule has 0 aliphatic heterocycles. The Morgan fingerprint density at radius 2 is 1.97 bits per heavy atom. The normalized spacial score (nSPS) is 13.8. The van der Waals surface area contributed by atoms with Crippen LogP contribution in [-0.4, -0.2) is 39.5 Å². The number of thiophene rings is 1. The van der Waals surface area contributed by atoms with Crippen LogP contribution in [0.3, 0.4) is 0 Å². The van der Waals surface area contributed by atoms with Crippen LogP contribution in [0.2, 0.25) is 0 Å². The fraction of sp³-hybridized carbons (Fsp3) is 0.391. The molecule has 33 heavy (non-hydrogen) atoms. The lowest BCUT2D eigenvalue weighted by Crippen LogP contribution is -2.17. The molecule has 1 aromatic carbocycles. The molecule has 0 saturated heterocycles. The van der Waals surface area contributed by atoms with Gasteiger partial charge in [-0.05, 0) is 50.3 Å². The van der Waals surface area contributed by atoms with Gasteiger partial charge in [0.25, 0.3) is 0 Å². The summed E-state index contributed by atoms with van der Waals surface area (Å²) in [6.45, 7) is 1.91. The highest BCUT2D eigenvalue weighted by Crippen LogP contribution is 2.38. The molecule has 174 valence electrons. The van der Waals surface area contributed by atoms with Gasteiger partial charge in [-0.3, -0.25) is 4.79 Å². The van der Waals surface area contributed by atoms with Crippen LogP contribution in [0.5, 0.6) is 5.75 Å². The van der Waals surface area contributed by atoms with E-state index in [4.69, 9.17) is 9.47 Å². The molecule has 0 saturated carbocycles. The topological polar surface area (TPSA) is 95.3 Å². The van der Waals surface area contributed by atoms with E-state index < -0.39 is 5.97 Å². The lowest BCUT2D eigenvalue weighted by atomic mass is 9.95. The number of thioether (sulfide) groups is 1. The van der Waals surface area contributed by atoms with E-state index in [1.54, 1.807) is 0 Å². The fourth-order valence-electron chi connectivity index (χ4n) is 3.83. The minimum atomic E-state index is -0.400. The highest BCUT2D eigenvalue weighted by atomic mass is 32.2. The summed E-state index contributed by atoms with van der Waals surface area (Å²) in [7, 11) is 3.22. The fourth-order valence-corrected chi connectivity index (χ4v) is 5.84. The third-order valence-corrected chi connectivity index (χ3v) is 7.66. The van der Waals surface area contributed by atoms with Gasteiger partial charge in [0.1, 0.15) is 10.8 Å². The molecule has 3 aromatic rings. The summed E-state index contributed by atoms with van der Waals surface area (Å²) in [5.41, 5.74) is 1.52. The van der Waals surface area contributed by atoms with E-state index in [1.807, 2.05) is 48.9 Å². The second-order valence-corrected chi connectivity index (χ2v) is 9.76. The molecule has 0 spiro atoms. The number of anilines is 1. The Hall–Kier alpha value is -2.85. The number of amides is 1. The molecule has 8 nitrogen and oxygen atoms in total. The van der Waals surface area contributed by atoms with Crippen molar-refractivity contribution in [2.75, 3.05) is 18.2 Å². The maximum atomic E-state index is 12.7. The van der Waals surface area contributed by atoms with Crippen LogP contribution >= 0.6 is 23.1 Å². The lowest BCUT2D eigenvalue weighted by molar-refractivity contribution is -0.113. The van der Waals surface area contributed by atoms with Crippen molar-refractivity contribution in [3.63, 3.8) is 0 Å². The largest absolute Gasteiger partial charge is 0.483 e. The van der Waals surface area contributed by atoms with Crippen LogP contribution in [0.15, 0.2) is 35.5 Å². The predicted molar refractivity (Wildman–Crippen MR) is 128 cm³/mol. The zero-order chi connectivity index (χ0) is 23.4. The summed E-state index contributed by atoms with van der Waals surface area (Å²) >= 11 is 2.76. The smallest absolute Gasteiger partial charge is 0.341 e. The number of esters is 1. The van der Waals surface area contributed by atoms with Crippen LogP contribution in [0, 0.1) is 0 Å². The minimum absolute atomic E-state index is 0.142. The van der Waals surface area contributed by atoms with Crippen molar-refractivity contribution in [1.29, 1.82) is 0 Å². The van der Waals surface area contributed by atoms with E-state index in [1.165, 1.54) is 30.2 Å². The molecule has 1 atom stereocenters. The molecule has 2 heterocycles. The van der Waals surface area contributed by atoms with Crippen molar-refractivity contribution in [3.05, 3.63) is 52.2 Å².